The van der Waals surface area contributed by atoms with Gasteiger partial charge in [-0.1, -0.05) is 24.3 Å². The van der Waals surface area contributed by atoms with E-state index in [1.54, 1.807) is 48.5 Å². The summed E-state index contributed by atoms with van der Waals surface area (Å²) in [7, 11) is 0. The lowest BCUT2D eigenvalue weighted by Crippen LogP contribution is -2.14. The molecule has 0 saturated carbocycles. The predicted octanol–water partition coefficient (Wildman–Crippen LogP) is 4.70. The van der Waals surface area contributed by atoms with Crippen LogP contribution in [0, 0.1) is 6.92 Å². The maximum absolute atomic E-state index is 12.4. The summed E-state index contributed by atoms with van der Waals surface area (Å²) in [6.45, 7) is 3.43. The molecule has 3 aromatic carbocycles. The fourth-order valence-corrected chi connectivity index (χ4v) is 2.72. The molecule has 0 aliphatic heterocycles. The van der Waals surface area contributed by atoms with Crippen molar-refractivity contribution in [2.75, 3.05) is 10.6 Å². The molecule has 2 amide bonds. The van der Waals surface area contributed by atoms with E-state index in [9.17, 15) is 14.4 Å². The number of aryl methyl sites for hydroxylation is 1. The fourth-order valence-electron chi connectivity index (χ4n) is 2.72. The summed E-state index contributed by atoms with van der Waals surface area (Å²) in [4.78, 5) is 36.2. The third kappa shape index (κ3) is 4.71. The van der Waals surface area contributed by atoms with E-state index in [0.29, 0.717) is 22.4 Å². The normalized spacial score (nSPS) is 10.2. The van der Waals surface area contributed by atoms with E-state index in [4.69, 9.17) is 0 Å². The van der Waals surface area contributed by atoms with Crippen LogP contribution < -0.4 is 10.6 Å². The zero-order valence-electron chi connectivity index (χ0n) is 15.7. The van der Waals surface area contributed by atoms with Crippen molar-refractivity contribution >= 4 is 29.0 Å². The van der Waals surface area contributed by atoms with Crippen molar-refractivity contribution in [3.8, 4) is 0 Å². The highest BCUT2D eigenvalue weighted by Gasteiger charge is 2.10. The van der Waals surface area contributed by atoms with Crippen LogP contribution in [0.25, 0.3) is 0 Å². The number of Topliss-reactive ketones (excluding diaryl/α,β-unsaturated/α-hetero) is 1. The molecular formula is C23H20N2O3. The molecular weight excluding hydrogens is 352 g/mol. The van der Waals surface area contributed by atoms with Gasteiger partial charge in [0.25, 0.3) is 11.8 Å². The first-order chi connectivity index (χ1) is 13.4. The van der Waals surface area contributed by atoms with Crippen molar-refractivity contribution in [2.45, 2.75) is 13.8 Å². The van der Waals surface area contributed by atoms with Crippen molar-refractivity contribution in [1.82, 2.24) is 0 Å². The van der Waals surface area contributed by atoms with E-state index in [1.165, 1.54) is 6.92 Å². The second kappa shape index (κ2) is 8.31. The van der Waals surface area contributed by atoms with E-state index in [0.717, 1.165) is 11.3 Å². The molecule has 0 heterocycles. The average Bonchev–Trinajstić information content (AvgIpc) is 2.68. The van der Waals surface area contributed by atoms with Gasteiger partial charge in [0.15, 0.2) is 5.78 Å². The third-order valence-electron chi connectivity index (χ3n) is 4.21. The lowest BCUT2D eigenvalue weighted by atomic mass is 10.1. The molecule has 0 atom stereocenters. The quantitative estimate of drug-likeness (QED) is 0.637. The standard InChI is InChI=1S/C23H20N2O3/c1-15-5-3-7-20(13-15)24-22(27)17-9-11-18(12-10-17)23(28)25-21-8-4-6-19(14-21)16(2)26/h3-14H,1-2H3,(H,24,27)(H,25,28). The summed E-state index contributed by atoms with van der Waals surface area (Å²) in [5.74, 6) is -0.627. The van der Waals surface area contributed by atoms with Crippen molar-refractivity contribution in [1.29, 1.82) is 0 Å². The smallest absolute Gasteiger partial charge is 0.255 e. The van der Waals surface area contributed by atoms with Crippen molar-refractivity contribution in [3.05, 3.63) is 95.1 Å². The molecule has 0 aliphatic carbocycles. The Labute approximate surface area is 163 Å². The molecule has 0 aliphatic rings. The number of carbonyl (C=O) groups is 3. The van der Waals surface area contributed by atoms with Crippen LogP contribution >= 0.6 is 0 Å². The first-order valence-electron chi connectivity index (χ1n) is 8.83. The number of nitrogens with one attached hydrogen (secondary N) is 2. The van der Waals surface area contributed by atoms with E-state index in [2.05, 4.69) is 10.6 Å². The summed E-state index contributed by atoms with van der Waals surface area (Å²) in [5, 5.41) is 5.59. The maximum Gasteiger partial charge on any atom is 0.255 e. The first-order valence-corrected chi connectivity index (χ1v) is 8.83. The van der Waals surface area contributed by atoms with Crippen LogP contribution in [-0.4, -0.2) is 17.6 Å². The lowest BCUT2D eigenvalue weighted by Gasteiger charge is -2.08. The van der Waals surface area contributed by atoms with E-state index >= 15 is 0 Å². The van der Waals surface area contributed by atoms with Gasteiger partial charge in [-0.25, -0.2) is 0 Å². The SMILES string of the molecule is CC(=O)c1cccc(NC(=O)c2ccc(C(=O)Nc3cccc(C)c3)cc2)c1. The summed E-state index contributed by atoms with van der Waals surface area (Å²) in [5.41, 5.74) is 3.72. The molecule has 0 unspecified atom stereocenters. The molecule has 0 saturated heterocycles. The highest BCUT2D eigenvalue weighted by Crippen LogP contribution is 2.15. The van der Waals surface area contributed by atoms with Gasteiger partial charge in [0.1, 0.15) is 0 Å². The van der Waals surface area contributed by atoms with Gasteiger partial charge in [0, 0.05) is 28.1 Å². The number of ketones is 1. The molecule has 0 radical (unpaired) electrons. The molecule has 0 bridgehead atoms. The Morgan fingerprint density at radius 3 is 1.64 bits per heavy atom. The zero-order valence-corrected chi connectivity index (χ0v) is 15.7. The Hall–Kier alpha value is -3.73. The Morgan fingerprint density at radius 1 is 0.643 bits per heavy atom. The molecule has 5 nitrogen and oxygen atoms in total. The molecule has 28 heavy (non-hydrogen) atoms. The monoisotopic (exact) mass is 372 g/mol. The topological polar surface area (TPSA) is 75.3 Å². The summed E-state index contributed by atoms with van der Waals surface area (Å²) < 4.78 is 0. The zero-order chi connectivity index (χ0) is 20.1. The number of anilines is 2. The maximum atomic E-state index is 12.4. The van der Waals surface area contributed by atoms with Crippen molar-refractivity contribution < 1.29 is 14.4 Å². The van der Waals surface area contributed by atoms with Gasteiger partial charge in [-0.3, -0.25) is 14.4 Å². The molecule has 2 N–H and O–H groups in total. The molecule has 0 spiro atoms. The number of rotatable bonds is 5. The van der Waals surface area contributed by atoms with Crippen LogP contribution in [0.2, 0.25) is 0 Å². The van der Waals surface area contributed by atoms with Gasteiger partial charge in [0.2, 0.25) is 0 Å². The number of hydrogen-bond acceptors (Lipinski definition) is 3. The molecule has 3 aromatic rings. The minimum atomic E-state index is -0.314. The lowest BCUT2D eigenvalue weighted by molar-refractivity contribution is 0.101. The molecule has 140 valence electrons. The van der Waals surface area contributed by atoms with Gasteiger partial charge < -0.3 is 10.6 Å². The second-order valence-corrected chi connectivity index (χ2v) is 6.49. The second-order valence-electron chi connectivity index (χ2n) is 6.49. The van der Waals surface area contributed by atoms with Gasteiger partial charge >= 0.3 is 0 Å². The van der Waals surface area contributed by atoms with Crippen LogP contribution in [0.5, 0.6) is 0 Å². The van der Waals surface area contributed by atoms with Crippen molar-refractivity contribution in [3.63, 3.8) is 0 Å². The predicted molar refractivity (Wildman–Crippen MR) is 110 cm³/mol. The highest BCUT2D eigenvalue weighted by molar-refractivity contribution is 6.07. The molecule has 3 rings (SSSR count). The van der Waals surface area contributed by atoms with E-state index in [-0.39, 0.29) is 17.6 Å². The van der Waals surface area contributed by atoms with Crippen LogP contribution in [0.15, 0.2) is 72.8 Å². The number of amides is 2. The Morgan fingerprint density at radius 2 is 1.14 bits per heavy atom. The Balaban J connectivity index is 1.68. The number of hydrogen-bond donors (Lipinski definition) is 2. The Kier molecular flexibility index (Phi) is 5.65. The van der Waals surface area contributed by atoms with Crippen LogP contribution in [0.4, 0.5) is 11.4 Å². The fraction of sp³-hybridized carbons (Fsp3) is 0.0870. The minimum absolute atomic E-state index is 0.0694. The number of benzene rings is 3. The van der Waals surface area contributed by atoms with Gasteiger partial charge in [-0.2, -0.15) is 0 Å². The first kappa shape index (κ1) is 19.0. The molecule has 0 aromatic heterocycles. The highest BCUT2D eigenvalue weighted by atomic mass is 16.2. The van der Waals surface area contributed by atoms with Gasteiger partial charge in [0.05, 0.1) is 0 Å². The molecule has 5 heteroatoms. The average molecular weight is 372 g/mol. The van der Waals surface area contributed by atoms with Crippen molar-refractivity contribution in [2.24, 2.45) is 0 Å². The largest absolute Gasteiger partial charge is 0.322 e. The summed E-state index contributed by atoms with van der Waals surface area (Å²) in [6.07, 6.45) is 0. The minimum Gasteiger partial charge on any atom is -0.322 e. The summed E-state index contributed by atoms with van der Waals surface area (Å²) >= 11 is 0. The Bertz CT molecular complexity index is 1040. The summed E-state index contributed by atoms with van der Waals surface area (Å²) in [6, 6.07) is 20.7. The van der Waals surface area contributed by atoms with Gasteiger partial charge in [-0.15, -0.1) is 0 Å². The number of carbonyl (C=O) groups excluding carboxylic acids is 3. The third-order valence-corrected chi connectivity index (χ3v) is 4.21. The molecule has 0 fully saturated rings. The van der Waals surface area contributed by atoms with E-state index in [1.807, 2.05) is 31.2 Å². The van der Waals surface area contributed by atoms with Crippen LogP contribution in [0.1, 0.15) is 43.6 Å². The van der Waals surface area contributed by atoms with Crippen LogP contribution in [-0.2, 0) is 0 Å². The van der Waals surface area contributed by atoms with E-state index < -0.39 is 0 Å². The van der Waals surface area contributed by atoms with Crippen LogP contribution in [0.3, 0.4) is 0 Å². The van der Waals surface area contributed by atoms with Gasteiger partial charge in [-0.05, 0) is 67.9 Å².